The summed E-state index contributed by atoms with van der Waals surface area (Å²) in [4.78, 5) is 30.3. The Labute approximate surface area is 194 Å². The molecule has 1 aliphatic heterocycles. The van der Waals surface area contributed by atoms with Gasteiger partial charge in [-0.15, -0.1) is 0 Å². The minimum absolute atomic E-state index is 0.131. The second-order valence-corrected chi connectivity index (χ2v) is 8.02. The molecule has 180 valence electrons. The maximum Gasteiger partial charge on any atom is 0.422 e. The van der Waals surface area contributed by atoms with E-state index in [4.69, 9.17) is 4.42 Å². The molecule has 0 bridgehead atoms. The van der Waals surface area contributed by atoms with Crippen molar-refractivity contribution >= 4 is 11.6 Å². The number of hydrogen-bond donors (Lipinski definition) is 1. The highest BCUT2D eigenvalue weighted by molar-refractivity contribution is 5.95. The number of pyridine rings is 1. The van der Waals surface area contributed by atoms with Crippen molar-refractivity contribution in [2.24, 2.45) is 0 Å². The van der Waals surface area contributed by atoms with Crippen molar-refractivity contribution in [2.75, 3.05) is 13.1 Å². The molecule has 0 aliphatic carbocycles. The van der Waals surface area contributed by atoms with Gasteiger partial charge in [0.25, 0.3) is 5.91 Å². The number of alkyl halides is 3. The molecule has 1 amide bonds. The summed E-state index contributed by atoms with van der Waals surface area (Å²) in [5.41, 5.74) is -1.88. The molecule has 0 spiro atoms. The van der Waals surface area contributed by atoms with Crippen LogP contribution in [0.1, 0.15) is 40.6 Å². The quantitative estimate of drug-likeness (QED) is 0.469. The Balaban J connectivity index is 1.52. The number of furan rings is 1. The van der Waals surface area contributed by atoms with E-state index in [0.717, 1.165) is 21.3 Å². The van der Waals surface area contributed by atoms with E-state index in [-0.39, 0.29) is 43.1 Å². The highest BCUT2D eigenvalue weighted by Gasteiger charge is 2.37. The van der Waals surface area contributed by atoms with Crippen LogP contribution in [0.5, 0.6) is 5.88 Å². The topological polar surface area (TPSA) is 130 Å². The van der Waals surface area contributed by atoms with Crippen molar-refractivity contribution in [3.05, 3.63) is 64.6 Å². The predicted molar refractivity (Wildman–Crippen MR) is 111 cm³/mol. The Morgan fingerprint density at radius 3 is 2.54 bits per heavy atom. The van der Waals surface area contributed by atoms with Crippen LogP contribution in [-0.4, -0.2) is 43.0 Å². The molecule has 4 aromatic heterocycles. The number of nitriles is 1. The summed E-state index contributed by atoms with van der Waals surface area (Å²) in [6.45, 7) is 0.261. The van der Waals surface area contributed by atoms with Crippen LogP contribution in [0.3, 0.4) is 0 Å². The number of halogens is 3. The van der Waals surface area contributed by atoms with Crippen molar-refractivity contribution < 1.29 is 31.9 Å². The smallest absolute Gasteiger partial charge is 0.422 e. The van der Waals surface area contributed by atoms with Crippen LogP contribution < -0.4 is 5.76 Å². The zero-order valence-corrected chi connectivity index (χ0v) is 17.8. The van der Waals surface area contributed by atoms with E-state index in [0.29, 0.717) is 5.56 Å². The summed E-state index contributed by atoms with van der Waals surface area (Å²) in [5, 5.41) is 19.5. The highest BCUT2D eigenvalue weighted by Crippen LogP contribution is 2.36. The SMILES string of the molecule is N#Cc1c(C(=O)N2CCC(n3c(O)coc3=O)CC2)nc2c(C(F)(F)F)cc(-c3ccoc3)cn12. The first-order valence-electron chi connectivity index (χ1n) is 10.4. The number of amides is 1. The first-order chi connectivity index (χ1) is 16.7. The average molecular weight is 487 g/mol. The lowest BCUT2D eigenvalue weighted by atomic mass is 10.0. The number of likely N-dealkylation sites (tertiary alicyclic amines) is 1. The number of carbonyl (C=O) groups is 1. The monoisotopic (exact) mass is 487 g/mol. The maximum atomic E-state index is 13.9. The van der Waals surface area contributed by atoms with Crippen LogP contribution in [0.25, 0.3) is 16.8 Å². The number of nitrogens with zero attached hydrogens (tertiary/aromatic N) is 5. The molecule has 0 saturated carbocycles. The Morgan fingerprint density at radius 1 is 1.23 bits per heavy atom. The molecule has 1 N–H and O–H groups in total. The number of rotatable bonds is 3. The van der Waals surface area contributed by atoms with Gasteiger partial charge in [0.15, 0.2) is 23.3 Å². The van der Waals surface area contributed by atoms with Gasteiger partial charge in [-0.1, -0.05) is 0 Å². The molecule has 1 aliphatic rings. The first kappa shape index (κ1) is 22.3. The summed E-state index contributed by atoms with van der Waals surface area (Å²) in [7, 11) is 0. The zero-order valence-electron chi connectivity index (χ0n) is 17.8. The van der Waals surface area contributed by atoms with Crippen LogP contribution >= 0.6 is 0 Å². The largest absolute Gasteiger partial charge is 0.492 e. The number of imidazole rings is 1. The molecule has 0 aromatic carbocycles. The molecule has 35 heavy (non-hydrogen) atoms. The summed E-state index contributed by atoms with van der Waals surface area (Å²) < 4.78 is 53.3. The van der Waals surface area contributed by atoms with Crippen molar-refractivity contribution in [2.45, 2.75) is 25.1 Å². The second-order valence-electron chi connectivity index (χ2n) is 8.02. The average Bonchev–Trinajstić information content (AvgIpc) is 3.56. The number of oxazole rings is 1. The Bertz CT molecular complexity index is 1520. The number of aromatic hydroxyl groups is 1. The van der Waals surface area contributed by atoms with Gasteiger partial charge in [-0.2, -0.15) is 18.4 Å². The van der Waals surface area contributed by atoms with Crippen molar-refractivity contribution in [1.29, 1.82) is 5.26 Å². The molecule has 1 saturated heterocycles. The van der Waals surface area contributed by atoms with Gasteiger partial charge >= 0.3 is 11.9 Å². The second kappa shape index (κ2) is 8.08. The lowest BCUT2D eigenvalue weighted by Crippen LogP contribution is -2.40. The maximum absolute atomic E-state index is 13.9. The van der Waals surface area contributed by atoms with Crippen LogP contribution in [0.15, 0.2) is 50.7 Å². The van der Waals surface area contributed by atoms with E-state index in [2.05, 4.69) is 9.40 Å². The third-order valence-corrected chi connectivity index (χ3v) is 6.01. The number of fused-ring (bicyclic) bond motifs is 1. The third kappa shape index (κ3) is 3.72. The number of carbonyl (C=O) groups excluding carboxylic acids is 1. The van der Waals surface area contributed by atoms with Gasteiger partial charge in [0.2, 0.25) is 5.88 Å². The van der Waals surface area contributed by atoms with E-state index >= 15 is 0 Å². The molecule has 5 rings (SSSR count). The molecule has 4 aromatic rings. The van der Waals surface area contributed by atoms with Gasteiger partial charge in [-0.05, 0) is 25.0 Å². The van der Waals surface area contributed by atoms with Crippen LogP contribution in [-0.2, 0) is 6.18 Å². The zero-order chi connectivity index (χ0) is 24.9. The van der Waals surface area contributed by atoms with E-state index < -0.39 is 40.8 Å². The predicted octanol–water partition coefficient (Wildman–Crippen LogP) is 3.42. The van der Waals surface area contributed by atoms with Crippen molar-refractivity contribution in [3.63, 3.8) is 0 Å². The Kier molecular flexibility index (Phi) is 5.16. The molecule has 1 fully saturated rings. The van der Waals surface area contributed by atoms with Gasteiger partial charge < -0.3 is 18.8 Å². The number of piperidine rings is 1. The molecule has 10 nitrogen and oxygen atoms in total. The fraction of sp³-hybridized carbons (Fsp3) is 0.273. The molecule has 0 radical (unpaired) electrons. The standard InChI is InChI=1S/C22H16F3N5O5/c23-22(24,25)15-7-13(12-3-6-34-10-12)9-29-16(8-26)18(27-19(15)29)20(32)28-4-1-14(2-5-28)30-17(31)11-35-21(30)33/h3,6-7,9-11,14,31H,1-2,4-5H2. The van der Waals surface area contributed by atoms with Gasteiger partial charge in [-0.25, -0.2) is 14.3 Å². The van der Waals surface area contributed by atoms with E-state index in [1.807, 2.05) is 6.07 Å². The van der Waals surface area contributed by atoms with Crippen LogP contribution in [0.4, 0.5) is 13.2 Å². The van der Waals surface area contributed by atoms with E-state index in [1.165, 1.54) is 29.7 Å². The van der Waals surface area contributed by atoms with E-state index in [1.54, 1.807) is 0 Å². The summed E-state index contributed by atoms with van der Waals surface area (Å²) >= 11 is 0. The molecule has 13 heteroatoms. The Morgan fingerprint density at radius 2 is 1.97 bits per heavy atom. The van der Waals surface area contributed by atoms with Gasteiger partial charge in [0, 0.05) is 36.5 Å². The lowest BCUT2D eigenvalue weighted by Gasteiger charge is -2.31. The molecule has 5 heterocycles. The molecule has 0 atom stereocenters. The van der Waals surface area contributed by atoms with E-state index in [9.17, 15) is 33.1 Å². The summed E-state index contributed by atoms with van der Waals surface area (Å²) in [6.07, 6.45) is 0.575. The molecular weight excluding hydrogens is 471 g/mol. The summed E-state index contributed by atoms with van der Waals surface area (Å²) in [6, 6.07) is 3.75. The van der Waals surface area contributed by atoms with Gasteiger partial charge in [0.05, 0.1) is 18.1 Å². The fourth-order valence-corrected chi connectivity index (χ4v) is 4.32. The van der Waals surface area contributed by atoms with Crippen LogP contribution in [0.2, 0.25) is 0 Å². The minimum Gasteiger partial charge on any atom is -0.492 e. The normalized spacial score (nSPS) is 15.0. The van der Waals surface area contributed by atoms with Crippen molar-refractivity contribution in [3.8, 4) is 23.1 Å². The third-order valence-electron chi connectivity index (χ3n) is 6.01. The molecule has 0 unspecified atom stereocenters. The highest BCUT2D eigenvalue weighted by atomic mass is 19.4. The number of aromatic nitrogens is 3. The van der Waals surface area contributed by atoms with Crippen molar-refractivity contribution in [1.82, 2.24) is 18.9 Å². The van der Waals surface area contributed by atoms with Gasteiger partial charge in [-0.3, -0.25) is 9.20 Å². The lowest BCUT2D eigenvalue weighted by molar-refractivity contribution is -0.136. The fourth-order valence-electron chi connectivity index (χ4n) is 4.32. The summed E-state index contributed by atoms with van der Waals surface area (Å²) in [5.74, 6) is -1.77. The van der Waals surface area contributed by atoms with Crippen LogP contribution in [0, 0.1) is 11.3 Å². The minimum atomic E-state index is -4.79. The first-order valence-corrected chi connectivity index (χ1v) is 10.4. The van der Waals surface area contributed by atoms with Gasteiger partial charge in [0.1, 0.15) is 6.07 Å². The molecular formula is C22H16F3N5O5. The Hall–Kier alpha value is -4.47. The number of hydrogen-bond acceptors (Lipinski definition) is 7.